The van der Waals surface area contributed by atoms with E-state index in [0.29, 0.717) is 19.7 Å². The molecule has 8 heteroatoms. The standard InChI is InChI=1S/C16H18N4O4/c21-14-13(8-18-16(23)19-14)15(22)20-6-2-4-12(9-20)24-10-11-3-1-5-17-7-11/h1,3,5,7-8,12H,2,4,6,9-10H2,(H2,18,19,21,23). The van der Waals surface area contributed by atoms with E-state index in [2.05, 4.69) is 15.0 Å². The molecule has 1 amide bonds. The van der Waals surface area contributed by atoms with Crippen molar-refractivity contribution >= 4 is 5.91 Å². The normalized spacial score (nSPS) is 17.7. The summed E-state index contributed by atoms with van der Waals surface area (Å²) in [5.74, 6) is -0.401. The van der Waals surface area contributed by atoms with Crippen molar-refractivity contribution in [3.63, 3.8) is 0 Å². The van der Waals surface area contributed by atoms with Crippen LogP contribution in [0.3, 0.4) is 0 Å². The third kappa shape index (κ3) is 3.77. The number of ether oxygens (including phenoxy) is 1. The Balaban J connectivity index is 1.63. The van der Waals surface area contributed by atoms with E-state index < -0.39 is 17.2 Å². The Labute approximate surface area is 137 Å². The number of aromatic nitrogens is 3. The Hall–Kier alpha value is -2.74. The minimum atomic E-state index is -0.679. The molecular weight excluding hydrogens is 312 g/mol. The molecule has 3 heterocycles. The van der Waals surface area contributed by atoms with Crippen LogP contribution in [0, 0.1) is 0 Å². The van der Waals surface area contributed by atoms with E-state index in [1.807, 2.05) is 12.1 Å². The minimum Gasteiger partial charge on any atom is -0.372 e. The lowest BCUT2D eigenvalue weighted by molar-refractivity contribution is -0.00688. The second-order valence-electron chi connectivity index (χ2n) is 5.67. The molecule has 3 rings (SSSR count). The number of hydrogen-bond donors (Lipinski definition) is 2. The van der Waals surface area contributed by atoms with Gasteiger partial charge < -0.3 is 14.6 Å². The molecule has 1 fully saturated rings. The highest BCUT2D eigenvalue weighted by molar-refractivity contribution is 5.93. The molecule has 1 aliphatic heterocycles. The van der Waals surface area contributed by atoms with Crippen LogP contribution in [0.15, 0.2) is 40.3 Å². The van der Waals surface area contributed by atoms with E-state index in [4.69, 9.17) is 4.74 Å². The van der Waals surface area contributed by atoms with E-state index >= 15 is 0 Å². The van der Waals surface area contributed by atoms with Crippen LogP contribution in [-0.2, 0) is 11.3 Å². The summed E-state index contributed by atoms with van der Waals surface area (Å²) < 4.78 is 5.86. The van der Waals surface area contributed by atoms with Crippen LogP contribution >= 0.6 is 0 Å². The summed E-state index contributed by atoms with van der Waals surface area (Å²) in [6, 6.07) is 3.77. The number of likely N-dealkylation sites (tertiary alicyclic amines) is 1. The molecule has 24 heavy (non-hydrogen) atoms. The zero-order chi connectivity index (χ0) is 16.9. The Bertz CT molecular complexity index is 815. The Morgan fingerprint density at radius 2 is 2.29 bits per heavy atom. The first-order valence-electron chi connectivity index (χ1n) is 7.75. The minimum absolute atomic E-state index is 0.0671. The lowest BCUT2D eigenvalue weighted by atomic mass is 10.1. The molecule has 0 aliphatic carbocycles. The number of H-pyrrole nitrogens is 2. The van der Waals surface area contributed by atoms with Crippen LogP contribution in [0.5, 0.6) is 0 Å². The van der Waals surface area contributed by atoms with Gasteiger partial charge in [0.1, 0.15) is 5.56 Å². The van der Waals surface area contributed by atoms with Crippen molar-refractivity contribution in [2.45, 2.75) is 25.6 Å². The number of carbonyl (C=O) groups excluding carboxylic acids is 1. The molecule has 2 aromatic rings. The molecule has 0 aromatic carbocycles. The zero-order valence-electron chi connectivity index (χ0n) is 13.0. The number of pyridine rings is 1. The third-order valence-electron chi connectivity index (χ3n) is 3.92. The van der Waals surface area contributed by atoms with Crippen LogP contribution in [0.25, 0.3) is 0 Å². The van der Waals surface area contributed by atoms with Crippen LogP contribution < -0.4 is 11.2 Å². The van der Waals surface area contributed by atoms with Gasteiger partial charge in [0.2, 0.25) is 0 Å². The average Bonchev–Trinajstić information content (AvgIpc) is 2.61. The maximum Gasteiger partial charge on any atom is 0.325 e. The number of piperidine rings is 1. The number of nitrogens with zero attached hydrogens (tertiary/aromatic N) is 2. The summed E-state index contributed by atoms with van der Waals surface area (Å²) in [4.78, 5) is 45.3. The average molecular weight is 330 g/mol. The van der Waals surface area contributed by atoms with E-state index in [-0.39, 0.29) is 11.7 Å². The van der Waals surface area contributed by atoms with Crippen molar-refractivity contribution in [1.29, 1.82) is 0 Å². The fraction of sp³-hybridized carbons (Fsp3) is 0.375. The van der Waals surface area contributed by atoms with E-state index in [9.17, 15) is 14.4 Å². The summed E-state index contributed by atoms with van der Waals surface area (Å²) in [6.45, 7) is 1.40. The van der Waals surface area contributed by atoms with Gasteiger partial charge in [0.15, 0.2) is 0 Å². The van der Waals surface area contributed by atoms with Crippen LogP contribution in [0.4, 0.5) is 0 Å². The molecule has 8 nitrogen and oxygen atoms in total. The van der Waals surface area contributed by atoms with Crippen molar-refractivity contribution in [2.24, 2.45) is 0 Å². The van der Waals surface area contributed by atoms with Gasteiger partial charge in [-0.1, -0.05) is 6.07 Å². The van der Waals surface area contributed by atoms with Crippen molar-refractivity contribution in [2.75, 3.05) is 13.1 Å². The molecule has 2 aromatic heterocycles. The molecule has 0 saturated carbocycles. The summed E-state index contributed by atoms with van der Waals surface area (Å²) in [5, 5.41) is 0. The van der Waals surface area contributed by atoms with E-state index in [1.54, 1.807) is 17.3 Å². The molecular formula is C16H18N4O4. The van der Waals surface area contributed by atoms with Crippen LogP contribution in [-0.4, -0.2) is 45.0 Å². The van der Waals surface area contributed by atoms with E-state index in [0.717, 1.165) is 24.6 Å². The number of hydrogen-bond acceptors (Lipinski definition) is 5. The smallest absolute Gasteiger partial charge is 0.325 e. The number of carbonyl (C=O) groups is 1. The van der Waals surface area contributed by atoms with Crippen molar-refractivity contribution in [3.8, 4) is 0 Å². The first-order chi connectivity index (χ1) is 11.6. The highest BCUT2D eigenvalue weighted by Gasteiger charge is 2.26. The summed E-state index contributed by atoms with van der Waals surface area (Å²) in [6.07, 6.45) is 6.16. The van der Waals surface area contributed by atoms with E-state index in [1.165, 1.54) is 0 Å². The molecule has 1 aliphatic rings. The number of aromatic amines is 2. The Morgan fingerprint density at radius 1 is 1.42 bits per heavy atom. The maximum absolute atomic E-state index is 12.5. The van der Waals surface area contributed by atoms with Gasteiger partial charge in [-0.15, -0.1) is 0 Å². The largest absolute Gasteiger partial charge is 0.372 e. The van der Waals surface area contributed by atoms with Gasteiger partial charge in [-0.3, -0.25) is 19.6 Å². The molecule has 1 saturated heterocycles. The van der Waals surface area contributed by atoms with Crippen molar-refractivity contribution in [3.05, 3.63) is 62.7 Å². The topological polar surface area (TPSA) is 108 Å². The fourth-order valence-corrected chi connectivity index (χ4v) is 2.70. The SMILES string of the molecule is O=C(c1c[nH]c(=O)[nH]c1=O)N1CCCC(OCc2cccnc2)C1. The Morgan fingerprint density at radius 3 is 3.04 bits per heavy atom. The summed E-state index contributed by atoms with van der Waals surface area (Å²) >= 11 is 0. The molecule has 0 bridgehead atoms. The predicted molar refractivity (Wildman–Crippen MR) is 85.6 cm³/mol. The van der Waals surface area contributed by atoms with Crippen molar-refractivity contribution < 1.29 is 9.53 Å². The molecule has 126 valence electrons. The van der Waals surface area contributed by atoms with Gasteiger partial charge in [-0.25, -0.2) is 4.79 Å². The molecule has 0 radical (unpaired) electrons. The lowest BCUT2D eigenvalue weighted by Crippen LogP contribution is -2.45. The zero-order valence-corrected chi connectivity index (χ0v) is 13.0. The summed E-state index contributed by atoms with van der Waals surface area (Å²) in [7, 11) is 0. The van der Waals surface area contributed by atoms with Crippen LogP contribution in [0.2, 0.25) is 0 Å². The molecule has 1 unspecified atom stereocenters. The van der Waals surface area contributed by atoms with Gasteiger partial charge in [0.25, 0.3) is 11.5 Å². The van der Waals surface area contributed by atoms with Crippen molar-refractivity contribution in [1.82, 2.24) is 19.9 Å². The lowest BCUT2D eigenvalue weighted by Gasteiger charge is -2.32. The van der Waals surface area contributed by atoms with Gasteiger partial charge in [0, 0.05) is 31.7 Å². The Kier molecular flexibility index (Phi) is 4.85. The van der Waals surface area contributed by atoms with Gasteiger partial charge >= 0.3 is 5.69 Å². The molecule has 1 atom stereocenters. The predicted octanol–water partition coefficient (Wildman–Crippen LogP) is 0.280. The highest BCUT2D eigenvalue weighted by Crippen LogP contribution is 2.16. The first-order valence-corrected chi connectivity index (χ1v) is 7.75. The van der Waals surface area contributed by atoms with Gasteiger partial charge in [-0.2, -0.15) is 0 Å². The first kappa shape index (κ1) is 16.1. The third-order valence-corrected chi connectivity index (χ3v) is 3.92. The number of amides is 1. The van der Waals surface area contributed by atoms with Gasteiger partial charge in [-0.05, 0) is 24.5 Å². The quantitative estimate of drug-likeness (QED) is 0.837. The second-order valence-corrected chi connectivity index (χ2v) is 5.67. The second kappa shape index (κ2) is 7.22. The molecule has 2 N–H and O–H groups in total. The monoisotopic (exact) mass is 330 g/mol. The maximum atomic E-state index is 12.5. The highest BCUT2D eigenvalue weighted by atomic mass is 16.5. The summed E-state index contributed by atoms with van der Waals surface area (Å²) in [5.41, 5.74) is -0.407. The van der Waals surface area contributed by atoms with Gasteiger partial charge in [0.05, 0.1) is 12.7 Å². The van der Waals surface area contributed by atoms with Crippen LogP contribution in [0.1, 0.15) is 28.8 Å². The fourth-order valence-electron chi connectivity index (χ4n) is 2.70. The molecule has 0 spiro atoms. The number of nitrogens with one attached hydrogen (secondary N) is 2. The number of rotatable bonds is 4.